The number of halogens is 1. The molecule has 5 heteroatoms. The molecule has 0 saturated heterocycles. The van der Waals surface area contributed by atoms with Gasteiger partial charge in [0.1, 0.15) is 11.6 Å². The molecule has 0 aliphatic heterocycles. The molecule has 0 bridgehead atoms. The highest BCUT2D eigenvalue weighted by atomic mass is 19.1. The third kappa shape index (κ3) is 3.04. The van der Waals surface area contributed by atoms with Crippen LogP contribution < -0.4 is 10.1 Å². The molecule has 1 saturated carbocycles. The van der Waals surface area contributed by atoms with Gasteiger partial charge in [-0.3, -0.25) is 4.79 Å². The van der Waals surface area contributed by atoms with Gasteiger partial charge in [-0.2, -0.15) is 0 Å². The summed E-state index contributed by atoms with van der Waals surface area (Å²) in [6.45, 7) is 3.70. The van der Waals surface area contributed by atoms with Gasteiger partial charge in [-0.1, -0.05) is 13.8 Å². The lowest BCUT2D eigenvalue weighted by Crippen LogP contribution is -2.61. The maximum absolute atomic E-state index is 12.7. The number of carbonyl (C=O) groups is 1. The molecule has 1 aliphatic carbocycles. The molecular formula is C14H18FNO3. The fraction of sp³-hybridized carbons (Fsp3) is 0.500. The second-order valence-corrected chi connectivity index (χ2v) is 5.44. The van der Waals surface area contributed by atoms with Gasteiger partial charge in [0.25, 0.3) is 5.91 Å². The summed E-state index contributed by atoms with van der Waals surface area (Å²) >= 11 is 0. The molecule has 1 fully saturated rings. The number of nitrogens with one attached hydrogen (secondary N) is 1. The zero-order valence-corrected chi connectivity index (χ0v) is 11.0. The minimum Gasteiger partial charge on any atom is -0.484 e. The zero-order chi connectivity index (χ0) is 14.0. The maximum Gasteiger partial charge on any atom is 0.258 e. The van der Waals surface area contributed by atoms with Gasteiger partial charge in [-0.25, -0.2) is 4.39 Å². The summed E-state index contributed by atoms with van der Waals surface area (Å²) in [6, 6.07) is 5.46. The van der Waals surface area contributed by atoms with Gasteiger partial charge < -0.3 is 15.2 Å². The first-order chi connectivity index (χ1) is 8.89. The van der Waals surface area contributed by atoms with Crippen molar-refractivity contribution >= 4 is 5.91 Å². The van der Waals surface area contributed by atoms with Gasteiger partial charge >= 0.3 is 0 Å². The Kier molecular flexibility index (Phi) is 3.75. The molecule has 2 rings (SSSR count). The van der Waals surface area contributed by atoms with Gasteiger partial charge in [-0.15, -0.1) is 0 Å². The van der Waals surface area contributed by atoms with Gasteiger partial charge in [-0.05, 0) is 30.7 Å². The van der Waals surface area contributed by atoms with E-state index in [1.807, 2.05) is 13.8 Å². The highest BCUT2D eigenvalue weighted by Gasteiger charge is 2.47. The molecule has 2 N–H and O–H groups in total. The fourth-order valence-corrected chi connectivity index (χ4v) is 2.06. The molecule has 104 valence electrons. The first kappa shape index (κ1) is 13.8. The largest absolute Gasteiger partial charge is 0.484 e. The molecule has 1 aliphatic rings. The van der Waals surface area contributed by atoms with E-state index in [1.165, 1.54) is 24.3 Å². The Bertz CT molecular complexity index is 458. The molecule has 19 heavy (non-hydrogen) atoms. The third-order valence-corrected chi connectivity index (χ3v) is 3.73. The zero-order valence-electron chi connectivity index (χ0n) is 11.0. The highest BCUT2D eigenvalue weighted by molar-refractivity contribution is 5.78. The van der Waals surface area contributed by atoms with Crippen LogP contribution in [0.2, 0.25) is 0 Å². The van der Waals surface area contributed by atoms with Gasteiger partial charge in [0, 0.05) is 11.5 Å². The number of aliphatic hydroxyl groups is 1. The van der Waals surface area contributed by atoms with Crippen molar-refractivity contribution in [2.75, 3.05) is 6.61 Å². The summed E-state index contributed by atoms with van der Waals surface area (Å²) in [7, 11) is 0. The number of hydrogen-bond acceptors (Lipinski definition) is 3. The van der Waals surface area contributed by atoms with Crippen LogP contribution in [-0.4, -0.2) is 29.8 Å². The summed E-state index contributed by atoms with van der Waals surface area (Å²) in [5, 5.41) is 12.4. The average Bonchev–Trinajstić information content (AvgIpc) is 2.38. The lowest BCUT2D eigenvalue weighted by atomic mass is 9.64. The average molecular weight is 267 g/mol. The molecule has 1 aromatic carbocycles. The van der Waals surface area contributed by atoms with Crippen molar-refractivity contribution in [2.45, 2.75) is 32.4 Å². The second kappa shape index (κ2) is 5.17. The predicted octanol–water partition coefficient (Wildman–Crippen LogP) is 1.48. The van der Waals surface area contributed by atoms with Crippen LogP contribution in [0.5, 0.6) is 5.75 Å². The summed E-state index contributed by atoms with van der Waals surface area (Å²) in [6.07, 6.45) is 0.186. The fourth-order valence-electron chi connectivity index (χ4n) is 2.06. The first-order valence-electron chi connectivity index (χ1n) is 6.25. The van der Waals surface area contributed by atoms with E-state index in [0.717, 1.165) is 0 Å². The van der Waals surface area contributed by atoms with Crippen molar-refractivity contribution < 1.29 is 19.0 Å². The second-order valence-electron chi connectivity index (χ2n) is 5.44. The Morgan fingerprint density at radius 3 is 2.63 bits per heavy atom. The molecule has 0 heterocycles. The van der Waals surface area contributed by atoms with Crippen LogP contribution >= 0.6 is 0 Å². The standard InChI is InChI=1S/C14H18FNO3/c1-14(2)11(7-12(14)17)16-13(18)8-19-10-5-3-9(15)4-6-10/h3-6,11-12,17H,7-8H2,1-2H3,(H,16,18). The van der Waals surface area contributed by atoms with Crippen LogP contribution in [0.3, 0.4) is 0 Å². The van der Waals surface area contributed by atoms with E-state index in [1.54, 1.807) is 0 Å². The van der Waals surface area contributed by atoms with Crippen LogP contribution in [0, 0.1) is 11.2 Å². The number of amides is 1. The van der Waals surface area contributed by atoms with Crippen LogP contribution in [0.15, 0.2) is 24.3 Å². The number of ether oxygens (including phenoxy) is 1. The molecule has 4 nitrogen and oxygen atoms in total. The molecule has 0 aromatic heterocycles. The SMILES string of the molecule is CC1(C)C(O)CC1NC(=O)COc1ccc(F)cc1. The van der Waals surface area contributed by atoms with Crippen LogP contribution in [0.1, 0.15) is 20.3 Å². The van der Waals surface area contributed by atoms with Crippen molar-refractivity contribution in [1.29, 1.82) is 0 Å². The van der Waals surface area contributed by atoms with Crippen molar-refractivity contribution in [3.63, 3.8) is 0 Å². The third-order valence-electron chi connectivity index (χ3n) is 3.73. The lowest BCUT2D eigenvalue weighted by molar-refractivity contribution is -0.131. The Labute approximate surface area is 111 Å². The Balaban J connectivity index is 1.78. The quantitative estimate of drug-likeness (QED) is 0.868. The van der Waals surface area contributed by atoms with E-state index >= 15 is 0 Å². The van der Waals surface area contributed by atoms with E-state index in [9.17, 15) is 14.3 Å². The van der Waals surface area contributed by atoms with Crippen molar-refractivity contribution in [2.24, 2.45) is 5.41 Å². The number of rotatable bonds is 4. The van der Waals surface area contributed by atoms with Crippen LogP contribution in [-0.2, 0) is 4.79 Å². The van der Waals surface area contributed by atoms with Gasteiger partial charge in [0.15, 0.2) is 6.61 Å². The summed E-state index contributed by atoms with van der Waals surface area (Å²) in [4.78, 5) is 11.7. The number of benzene rings is 1. The molecule has 2 atom stereocenters. The first-order valence-corrected chi connectivity index (χ1v) is 6.25. The topological polar surface area (TPSA) is 58.6 Å². The minimum absolute atomic E-state index is 0.0354. The van der Waals surface area contributed by atoms with Crippen molar-refractivity contribution in [1.82, 2.24) is 5.32 Å². The molecule has 1 amide bonds. The normalized spacial score (nSPS) is 24.4. The molecule has 0 radical (unpaired) electrons. The summed E-state index contributed by atoms with van der Waals surface area (Å²) < 4.78 is 17.9. The molecule has 1 aromatic rings. The Morgan fingerprint density at radius 1 is 1.47 bits per heavy atom. The lowest BCUT2D eigenvalue weighted by Gasteiger charge is -2.49. The minimum atomic E-state index is -0.379. The van der Waals surface area contributed by atoms with Crippen molar-refractivity contribution in [3.8, 4) is 5.75 Å². The number of aliphatic hydroxyl groups excluding tert-OH is 1. The van der Waals surface area contributed by atoms with Gasteiger partial charge in [0.05, 0.1) is 6.10 Å². The monoisotopic (exact) mass is 267 g/mol. The summed E-state index contributed by atoms with van der Waals surface area (Å²) in [5.74, 6) is -0.138. The molecule has 0 spiro atoms. The van der Waals surface area contributed by atoms with E-state index < -0.39 is 0 Å². The summed E-state index contributed by atoms with van der Waals surface area (Å²) in [5.41, 5.74) is -0.300. The maximum atomic E-state index is 12.7. The van der Waals surface area contributed by atoms with Gasteiger partial charge in [0.2, 0.25) is 0 Å². The number of carbonyl (C=O) groups excluding carboxylic acids is 1. The molecular weight excluding hydrogens is 249 g/mol. The van der Waals surface area contributed by atoms with Crippen molar-refractivity contribution in [3.05, 3.63) is 30.1 Å². The van der Waals surface area contributed by atoms with E-state index in [-0.39, 0.29) is 35.9 Å². The molecule has 2 unspecified atom stereocenters. The highest BCUT2D eigenvalue weighted by Crippen LogP contribution is 2.40. The van der Waals surface area contributed by atoms with E-state index in [0.29, 0.717) is 12.2 Å². The van der Waals surface area contributed by atoms with E-state index in [2.05, 4.69) is 5.32 Å². The smallest absolute Gasteiger partial charge is 0.258 e. The van der Waals surface area contributed by atoms with E-state index in [4.69, 9.17) is 4.74 Å². The Morgan fingerprint density at radius 2 is 2.11 bits per heavy atom. The van der Waals surface area contributed by atoms with Crippen LogP contribution in [0.4, 0.5) is 4.39 Å². The Hall–Kier alpha value is -1.62. The van der Waals surface area contributed by atoms with Crippen LogP contribution in [0.25, 0.3) is 0 Å². The predicted molar refractivity (Wildman–Crippen MR) is 68.2 cm³/mol. The number of hydrogen-bond donors (Lipinski definition) is 2.